The first-order valence-electron chi connectivity index (χ1n) is 8.01. The molecule has 0 saturated heterocycles. The van der Waals surface area contributed by atoms with Crippen molar-refractivity contribution in [1.29, 1.82) is 0 Å². The lowest BCUT2D eigenvalue weighted by molar-refractivity contribution is -0.115. The van der Waals surface area contributed by atoms with Gasteiger partial charge in [0.2, 0.25) is 0 Å². The molecule has 4 nitrogen and oxygen atoms in total. The van der Waals surface area contributed by atoms with Gasteiger partial charge < -0.3 is 10.2 Å². The second-order valence-corrected chi connectivity index (χ2v) is 6.54. The van der Waals surface area contributed by atoms with Gasteiger partial charge >= 0.3 is 0 Å². The predicted molar refractivity (Wildman–Crippen MR) is 86.7 cm³/mol. The van der Waals surface area contributed by atoms with E-state index in [1.165, 1.54) is 13.8 Å². The number of hydrogen-bond donors (Lipinski definition) is 2. The molecule has 0 unspecified atom stereocenters. The van der Waals surface area contributed by atoms with Gasteiger partial charge in [-0.3, -0.25) is 9.59 Å². The molecule has 0 aromatic heterocycles. The molecule has 22 heavy (non-hydrogen) atoms. The number of rotatable bonds is 6. The van der Waals surface area contributed by atoms with E-state index in [0.717, 1.165) is 25.7 Å². The molecule has 0 atom stereocenters. The lowest BCUT2D eigenvalue weighted by atomic mass is 9.76. The molecule has 124 valence electrons. The van der Waals surface area contributed by atoms with E-state index in [2.05, 4.69) is 0 Å². The Bertz CT molecular complexity index is 437. The topological polar surface area (TPSA) is 74.6 Å². The van der Waals surface area contributed by atoms with E-state index in [1.807, 2.05) is 0 Å². The molecule has 0 aliphatic heterocycles. The van der Waals surface area contributed by atoms with Crippen molar-refractivity contribution in [3.8, 4) is 0 Å². The summed E-state index contributed by atoms with van der Waals surface area (Å²) in [6.07, 6.45) is 5.24. The highest BCUT2D eigenvalue weighted by Crippen LogP contribution is 2.36. The van der Waals surface area contributed by atoms with Crippen LogP contribution in [0.15, 0.2) is 22.7 Å². The molecule has 0 amide bonds. The second-order valence-electron chi connectivity index (χ2n) is 6.54. The molecule has 1 rings (SSSR count). The Morgan fingerprint density at radius 1 is 0.727 bits per heavy atom. The molecular formula is C18H28O4. The maximum atomic E-state index is 11.5. The number of allylic oxidation sites excluding steroid dienone is 4. The lowest BCUT2D eigenvalue weighted by Gasteiger charge is -2.29. The van der Waals surface area contributed by atoms with Gasteiger partial charge in [-0.15, -0.1) is 0 Å². The van der Waals surface area contributed by atoms with Crippen molar-refractivity contribution in [2.75, 3.05) is 0 Å². The van der Waals surface area contributed by atoms with Crippen LogP contribution in [-0.4, -0.2) is 21.8 Å². The van der Waals surface area contributed by atoms with Crippen LogP contribution in [0.3, 0.4) is 0 Å². The van der Waals surface area contributed by atoms with Crippen LogP contribution in [-0.2, 0) is 9.59 Å². The summed E-state index contributed by atoms with van der Waals surface area (Å²) in [6.45, 7) is 6.12. The molecule has 1 fully saturated rings. The summed E-state index contributed by atoms with van der Waals surface area (Å²) in [6, 6.07) is 0. The summed E-state index contributed by atoms with van der Waals surface area (Å²) in [5, 5.41) is 19.2. The fraction of sp³-hybridized carbons (Fsp3) is 0.667. The zero-order chi connectivity index (χ0) is 16.9. The molecule has 1 aliphatic rings. The van der Waals surface area contributed by atoms with Gasteiger partial charge in [-0.2, -0.15) is 0 Å². The quantitative estimate of drug-likeness (QED) is 0.563. The first kappa shape index (κ1) is 18.5. The zero-order valence-corrected chi connectivity index (χ0v) is 14.1. The van der Waals surface area contributed by atoms with E-state index in [4.69, 9.17) is 0 Å². The van der Waals surface area contributed by atoms with Crippen LogP contribution in [0, 0.1) is 11.8 Å². The highest BCUT2D eigenvalue weighted by molar-refractivity contribution is 5.94. The monoisotopic (exact) mass is 308 g/mol. The standard InChI is InChI=1S/C18H28O4/c1-11(19)17(12(2)20)9-15-5-7-16(8-6-15)10-18(13(3)21)14(4)22/h15-16,19,21H,5-10H2,1-4H3/b17-11+,18-13+. The van der Waals surface area contributed by atoms with Crippen molar-refractivity contribution in [2.24, 2.45) is 11.8 Å². The smallest absolute Gasteiger partial charge is 0.159 e. The minimum Gasteiger partial charge on any atom is -0.512 e. The fourth-order valence-electron chi connectivity index (χ4n) is 3.31. The molecule has 1 saturated carbocycles. The minimum absolute atomic E-state index is 0.0557. The van der Waals surface area contributed by atoms with Crippen molar-refractivity contribution in [3.63, 3.8) is 0 Å². The molecule has 4 heteroatoms. The Hall–Kier alpha value is -1.58. The van der Waals surface area contributed by atoms with Gasteiger partial charge in [-0.05, 0) is 78.1 Å². The number of Topliss-reactive ketones (excluding diaryl/α,β-unsaturated/α-hetero) is 2. The summed E-state index contributed by atoms with van der Waals surface area (Å²) in [7, 11) is 0. The highest BCUT2D eigenvalue weighted by atomic mass is 16.3. The Morgan fingerprint density at radius 3 is 1.18 bits per heavy atom. The largest absolute Gasteiger partial charge is 0.512 e. The number of ketones is 2. The maximum Gasteiger partial charge on any atom is 0.159 e. The van der Waals surface area contributed by atoms with E-state index < -0.39 is 0 Å². The predicted octanol–water partition coefficient (Wildman–Crippen LogP) is 4.42. The van der Waals surface area contributed by atoms with Crippen LogP contribution in [0.5, 0.6) is 0 Å². The van der Waals surface area contributed by atoms with Gasteiger partial charge in [-0.1, -0.05) is 0 Å². The van der Waals surface area contributed by atoms with Gasteiger partial charge in [0.05, 0.1) is 11.5 Å². The molecule has 0 bridgehead atoms. The summed E-state index contributed by atoms with van der Waals surface area (Å²) in [5.74, 6) is 0.980. The van der Waals surface area contributed by atoms with Gasteiger partial charge in [0.1, 0.15) is 0 Å². The Morgan fingerprint density at radius 2 is 1.00 bits per heavy atom. The van der Waals surface area contributed by atoms with Gasteiger partial charge in [-0.25, -0.2) is 0 Å². The van der Waals surface area contributed by atoms with E-state index in [1.54, 1.807) is 13.8 Å². The third-order valence-corrected chi connectivity index (χ3v) is 4.68. The normalized spacial score (nSPS) is 24.4. The molecule has 0 aromatic carbocycles. The third-order valence-electron chi connectivity index (χ3n) is 4.68. The number of aliphatic hydroxyl groups is 2. The summed E-state index contributed by atoms with van der Waals surface area (Å²) >= 11 is 0. The van der Waals surface area contributed by atoms with E-state index >= 15 is 0 Å². The first-order valence-corrected chi connectivity index (χ1v) is 8.01. The van der Waals surface area contributed by atoms with E-state index in [-0.39, 0.29) is 23.1 Å². The number of aliphatic hydroxyl groups excluding tert-OH is 2. The highest BCUT2D eigenvalue weighted by Gasteiger charge is 2.25. The molecule has 0 heterocycles. The van der Waals surface area contributed by atoms with Crippen molar-refractivity contribution in [1.82, 2.24) is 0 Å². The molecule has 0 spiro atoms. The Labute approximate surface area is 132 Å². The van der Waals surface area contributed by atoms with Crippen molar-refractivity contribution in [2.45, 2.75) is 66.2 Å². The molecule has 2 N–H and O–H groups in total. The minimum atomic E-state index is -0.0557. The SMILES string of the molecule is CC(=O)/C(CC1CCC(C/C(C(C)=O)=C(/C)O)CC1)=C(\C)O. The number of carbonyl (C=O) groups excluding carboxylic acids is 2. The molecule has 1 aliphatic carbocycles. The zero-order valence-electron chi connectivity index (χ0n) is 14.1. The average Bonchev–Trinajstić information content (AvgIpc) is 2.42. The van der Waals surface area contributed by atoms with E-state index in [0.29, 0.717) is 35.8 Å². The number of hydrogen-bond acceptors (Lipinski definition) is 4. The van der Waals surface area contributed by atoms with Crippen LogP contribution in [0.25, 0.3) is 0 Å². The van der Waals surface area contributed by atoms with Gasteiger partial charge in [0.15, 0.2) is 11.6 Å². The first-order chi connectivity index (χ1) is 10.2. The Kier molecular flexibility index (Phi) is 6.85. The average molecular weight is 308 g/mol. The molecule has 0 radical (unpaired) electrons. The fourth-order valence-corrected chi connectivity index (χ4v) is 3.31. The lowest BCUT2D eigenvalue weighted by Crippen LogP contribution is -2.18. The summed E-state index contributed by atoms with van der Waals surface area (Å²) in [4.78, 5) is 23.1. The molecule has 0 aromatic rings. The Balaban J connectivity index is 2.57. The van der Waals surface area contributed by atoms with E-state index in [9.17, 15) is 19.8 Å². The van der Waals surface area contributed by atoms with Crippen LogP contribution in [0.1, 0.15) is 66.2 Å². The third kappa shape index (κ3) is 5.32. The van der Waals surface area contributed by atoms with Gasteiger partial charge in [0, 0.05) is 11.1 Å². The van der Waals surface area contributed by atoms with Crippen molar-refractivity contribution in [3.05, 3.63) is 22.7 Å². The van der Waals surface area contributed by atoms with Crippen molar-refractivity contribution < 1.29 is 19.8 Å². The van der Waals surface area contributed by atoms with Gasteiger partial charge in [0.25, 0.3) is 0 Å². The van der Waals surface area contributed by atoms with Crippen molar-refractivity contribution >= 4 is 11.6 Å². The number of carbonyl (C=O) groups is 2. The molecular weight excluding hydrogens is 280 g/mol. The van der Waals surface area contributed by atoms with Crippen LogP contribution < -0.4 is 0 Å². The second kappa shape index (κ2) is 8.16. The van der Waals surface area contributed by atoms with Crippen LogP contribution >= 0.6 is 0 Å². The maximum absolute atomic E-state index is 11.5. The summed E-state index contributed by atoms with van der Waals surface area (Å²) in [5.41, 5.74) is 1.08. The van der Waals surface area contributed by atoms with Crippen LogP contribution in [0.4, 0.5) is 0 Å². The summed E-state index contributed by atoms with van der Waals surface area (Å²) < 4.78 is 0. The van der Waals surface area contributed by atoms with Crippen LogP contribution in [0.2, 0.25) is 0 Å².